The van der Waals surface area contributed by atoms with Crippen molar-refractivity contribution in [3.05, 3.63) is 106 Å². The molecule has 206 valence electrons. The minimum atomic E-state index is -5.08. The van der Waals surface area contributed by atoms with Gasteiger partial charge in [0.25, 0.3) is 0 Å². The standard InChI is InChI=1S/C32H32F5NO/c1-3-27(39)29(22-7-5-4-6-8-22)38-18-17-31(20-21-9-13-25(33)14-10-21)26-15-12-24(30(2,34)32(35,36)37)19-23(26)11-16-28(31)38/h4-10,12-15,19,28-29H,3,11,16-18,20H2,1-2H3/t28-,29?,30?,31-/m1/s1/i1D3. The van der Waals surface area contributed by atoms with E-state index >= 15 is 0 Å². The van der Waals surface area contributed by atoms with E-state index in [1.165, 1.54) is 24.3 Å². The van der Waals surface area contributed by atoms with Gasteiger partial charge >= 0.3 is 6.18 Å². The van der Waals surface area contributed by atoms with Gasteiger partial charge in [-0.3, -0.25) is 9.69 Å². The zero-order valence-corrected chi connectivity index (χ0v) is 21.6. The molecule has 2 aliphatic rings. The molecule has 0 spiro atoms. The monoisotopic (exact) mass is 544 g/mol. The molecule has 0 amide bonds. The Kier molecular flexibility index (Phi) is 6.20. The maximum absolute atomic E-state index is 15.0. The van der Waals surface area contributed by atoms with Crippen LogP contribution in [0, 0.1) is 5.82 Å². The second kappa shape index (κ2) is 10.2. The third kappa shape index (κ3) is 4.79. The topological polar surface area (TPSA) is 20.3 Å². The van der Waals surface area contributed by atoms with Crippen LogP contribution in [-0.4, -0.2) is 29.4 Å². The van der Waals surface area contributed by atoms with Crippen molar-refractivity contribution in [2.75, 3.05) is 6.54 Å². The van der Waals surface area contributed by atoms with Gasteiger partial charge in [-0.05, 0) is 72.6 Å². The molecule has 1 saturated heterocycles. The number of likely N-dealkylation sites (tertiary alicyclic amines) is 1. The number of nitrogens with zero attached hydrogens (tertiary/aromatic N) is 1. The molecule has 2 nitrogen and oxygen atoms in total. The van der Waals surface area contributed by atoms with Gasteiger partial charge < -0.3 is 0 Å². The van der Waals surface area contributed by atoms with Crippen LogP contribution in [-0.2, 0) is 28.7 Å². The second-order valence-corrected chi connectivity index (χ2v) is 10.8. The summed E-state index contributed by atoms with van der Waals surface area (Å²) in [6.07, 6.45) is -3.91. The molecule has 0 radical (unpaired) electrons. The van der Waals surface area contributed by atoms with Crippen LogP contribution in [0.3, 0.4) is 0 Å². The molecule has 1 heterocycles. The summed E-state index contributed by atoms with van der Waals surface area (Å²) in [6, 6.07) is 18.0. The largest absolute Gasteiger partial charge is 0.426 e. The lowest BCUT2D eigenvalue weighted by Crippen LogP contribution is -2.49. The van der Waals surface area contributed by atoms with E-state index in [-0.39, 0.29) is 6.04 Å². The number of ketones is 1. The summed E-state index contributed by atoms with van der Waals surface area (Å²) in [7, 11) is 0. The van der Waals surface area contributed by atoms with E-state index in [0.29, 0.717) is 50.3 Å². The summed E-state index contributed by atoms with van der Waals surface area (Å²) in [5.41, 5.74) is -1.78. The Labute approximate surface area is 230 Å². The number of carbonyl (C=O) groups excluding carboxylic acids is 1. The molecule has 2 unspecified atom stereocenters. The van der Waals surface area contributed by atoms with Gasteiger partial charge in [0, 0.05) is 28.5 Å². The van der Waals surface area contributed by atoms with Crippen molar-refractivity contribution in [1.82, 2.24) is 4.90 Å². The van der Waals surface area contributed by atoms with Crippen molar-refractivity contribution in [3.8, 4) is 0 Å². The van der Waals surface area contributed by atoms with Gasteiger partial charge in [-0.1, -0.05) is 67.5 Å². The van der Waals surface area contributed by atoms with Crippen molar-refractivity contribution >= 4 is 5.78 Å². The van der Waals surface area contributed by atoms with Crippen LogP contribution in [0.2, 0.25) is 0 Å². The number of carbonyl (C=O) groups is 1. The molecule has 7 heteroatoms. The van der Waals surface area contributed by atoms with Gasteiger partial charge in [0.05, 0.1) is 6.04 Å². The first-order chi connectivity index (χ1) is 19.6. The summed E-state index contributed by atoms with van der Waals surface area (Å²) in [4.78, 5) is 15.7. The first kappa shape index (κ1) is 23.8. The molecule has 0 aromatic heterocycles. The number of hydrogen-bond acceptors (Lipinski definition) is 2. The molecular weight excluding hydrogens is 509 g/mol. The van der Waals surface area contributed by atoms with Gasteiger partial charge in [-0.25, -0.2) is 8.78 Å². The van der Waals surface area contributed by atoms with Crippen molar-refractivity contribution in [2.45, 2.75) is 75.2 Å². The predicted molar refractivity (Wildman–Crippen MR) is 141 cm³/mol. The zero-order valence-electron chi connectivity index (χ0n) is 24.6. The fraction of sp³-hybridized carbons (Fsp3) is 0.406. The van der Waals surface area contributed by atoms with Crippen LogP contribution in [0.15, 0.2) is 72.8 Å². The lowest BCUT2D eigenvalue weighted by Gasteiger charge is -2.46. The highest BCUT2D eigenvalue weighted by molar-refractivity contribution is 5.85. The molecule has 1 aliphatic heterocycles. The Hall–Kier alpha value is -3.06. The van der Waals surface area contributed by atoms with Crippen LogP contribution in [0.5, 0.6) is 0 Å². The number of aryl methyl sites for hydroxylation is 1. The Morgan fingerprint density at radius 1 is 1.08 bits per heavy atom. The quantitative estimate of drug-likeness (QED) is 0.283. The number of benzene rings is 3. The normalized spacial score (nSPS) is 25.0. The number of Topliss-reactive ketones (excluding diaryl/α,β-unsaturated/α-hetero) is 1. The number of fused-ring (bicyclic) bond motifs is 3. The molecule has 4 atom stereocenters. The van der Waals surface area contributed by atoms with E-state index in [9.17, 15) is 26.7 Å². The van der Waals surface area contributed by atoms with Crippen LogP contribution >= 0.6 is 0 Å². The van der Waals surface area contributed by atoms with E-state index in [1.807, 2.05) is 11.0 Å². The third-order valence-corrected chi connectivity index (χ3v) is 8.62. The minimum absolute atomic E-state index is 0.272. The molecule has 3 aromatic rings. The Morgan fingerprint density at radius 2 is 1.79 bits per heavy atom. The van der Waals surface area contributed by atoms with E-state index in [0.717, 1.165) is 11.1 Å². The van der Waals surface area contributed by atoms with Crippen LogP contribution in [0.1, 0.15) is 71.0 Å². The number of halogens is 5. The van der Waals surface area contributed by atoms with Crippen LogP contribution in [0.4, 0.5) is 22.0 Å². The molecule has 1 aliphatic carbocycles. The molecule has 0 N–H and O–H groups in total. The van der Waals surface area contributed by atoms with E-state index in [2.05, 4.69) is 0 Å². The van der Waals surface area contributed by atoms with E-state index < -0.39 is 53.7 Å². The first-order valence-electron chi connectivity index (χ1n) is 14.6. The fourth-order valence-corrected chi connectivity index (χ4v) is 6.63. The average Bonchev–Trinajstić information content (AvgIpc) is 3.27. The average molecular weight is 545 g/mol. The molecule has 1 fully saturated rings. The molecular formula is C32H32F5NO. The molecule has 5 rings (SSSR count). The predicted octanol–water partition coefficient (Wildman–Crippen LogP) is 7.79. The van der Waals surface area contributed by atoms with Gasteiger partial charge in [0.2, 0.25) is 5.67 Å². The minimum Gasteiger partial charge on any atom is -0.298 e. The molecule has 0 bridgehead atoms. The zero-order chi connectivity index (χ0) is 30.5. The van der Waals surface area contributed by atoms with Gasteiger partial charge in [-0.2, -0.15) is 13.2 Å². The van der Waals surface area contributed by atoms with Crippen LogP contribution in [0.25, 0.3) is 0 Å². The first-order valence-corrected chi connectivity index (χ1v) is 13.1. The van der Waals surface area contributed by atoms with E-state index in [4.69, 9.17) is 4.11 Å². The molecule has 39 heavy (non-hydrogen) atoms. The highest BCUT2D eigenvalue weighted by Crippen LogP contribution is 2.52. The van der Waals surface area contributed by atoms with Crippen molar-refractivity contribution in [3.63, 3.8) is 0 Å². The number of hydrogen-bond donors (Lipinski definition) is 0. The number of alkyl halides is 4. The maximum atomic E-state index is 15.0. The summed E-state index contributed by atoms with van der Waals surface area (Å²) < 4.78 is 92.7. The fourth-order valence-electron chi connectivity index (χ4n) is 6.63. The van der Waals surface area contributed by atoms with Gasteiger partial charge in [-0.15, -0.1) is 0 Å². The Bertz CT molecular complexity index is 1440. The summed E-state index contributed by atoms with van der Waals surface area (Å²) in [6.45, 7) is -1.50. The molecule has 3 aromatic carbocycles. The highest BCUT2D eigenvalue weighted by atomic mass is 19.4. The van der Waals surface area contributed by atoms with Crippen molar-refractivity contribution in [1.29, 1.82) is 0 Å². The lowest BCUT2D eigenvalue weighted by molar-refractivity contribution is -0.228. The third-order valence-electron chi connectivity index (χ3n) is 8.62. The van der Waals surface area contributed by atoms with Gasteiger partial charge in [0.1, 0.15) is 5.82 Å². The Balaban J connectivity index is 1.62. The van der Waals surface area contributed by atoms with E-state index in [1.54, 1.807) is 42.5 Å². The Morgan fingerprint density at radius 3 is 2.46 bits per heavy atom. The van der Waals surface area contributed by atoms with Crippen LogP contribution < -0.4 is 0 Å². The summed E-state index contributed by atoms with van der Waals surface area (Å²) in [5.74, 6) is -0.832. The summed E-state index contributed by atoms with van der Waals surface area (Å²) >= 11 is 0. The van der Waals surface area contributed by atoms with Gasteiger partial charge in [0.15, 0.2) is 5.78 Å². The highest BCUT2D eigenvalue weighted by Gasteiger charge is 2.56. The second-order valence-electron chi connectivity index (χ2n) is 10.8. The lowest BCUT2D eigenvalue weighted by atomic mass is 9.63. The smallest absolute Gasteiger partial charge is 0.298 e. The van der Waals surface area contributed by atoms with Crippen molar-refractivity contribution < 1.29 is 30.9 Å². The summed E-state index contributed by atoms with van der Waals surface area (Å²) in [5, 5.41) is 0. The molecule has 0 saturated carbocycles. The van der Waals surface area contributed by atoms with Crippen molar-refractivity contribution in [2.24, 2.45) is 0 Å². The SMILES string of the molecule is [2H]C([2H])([2H])CC(=O)C(c1ccccc1)N1CC[C@@]2(Cc3ccc(F)cc3)c3ccc(C(C)(F)C(F)(F)F)cc3CC[C@@H]12. The number of rotatable bonds is 7. The maximum Gasteiger partial charge on any atom is 0.426 e.